The number of alkyl halides is 1. The highest BCUT2D eigenvalue weighted by atomic mass is 32.1. The van der Waals surface area contributed by atoms with Gasteiger partial charge in [0.05, 0.1) is 16.3 Å². The van der Waals surface area contributed by atoms with Gasteiger partial charge in [0, 0.05) is 30.9 Å². The van der Waals surface area contributed by atoms with E-state index in [1.165, 1.54) is 24.3 Å². The van der Waals surface area contributed by atoms with Gasteiger partial charge in [-0.1, -0.05) is 18.2 Å². The maximum Gasteiger partial charge on any atom is 0.363 e. The molecule has 10 nitrogen and oxygen atoms in total. The van der Waals surface area contributed by atoms with Crippen LogP contribution in [0.5, 0.6) is 0 Å². The highest BCUT2D eigenvalue weighted by Gasteiger charge is 2.46. The molecule has 222 valence electrons. The summed E-state index contributed by atoms with van der Waals surface area (Å²) in [5.41, 5.74) is 1.64. The van der Waals surface area contributed by atoms with Gasteiger partial charge in [-0.3, -0.25) is 18.9 Å². The maximum atomic E-state index is 14.2. The van der Waals surface area contributed by atoms with E-state index >= 15 is 0 Å². The van der Waals surface area contributed by atoms with Crippen molar-refractivity contribution in [3.8, 4) is 0 Å². The van der Waals surface area contributed by atoms with Gasteiger partial charge in [-0.15, -0.1) is 11.3 Å². The molecule has 0 aliphatic carbocycles. The van der Waals surface area contributed by atoms with Gasteiger partial charge in [-0.05, 0) is 73.4 Å². The lowest BCUT2D eigenvalue weighted by atomic mass is 10.0. The largest absolute Gasteiger partial charge is 0.371 e. The molecule has 2 aromatic carbocycles. The summed E-state index contributed by atoms with van der Waals surface area (Å²) >= 11 is 1.15. The number of carbonyl (C=O) groups is 3. The minimum Gasteiger partial charge on any atom is -0.371 e. The number of rotatable bonds is 5. The third kappa shape index (κ3) is 5.21. The van der Waals surface area contributed by atoms with Crippen LogP contribution in [0.2, 0.25) is 0 Å². The minimum absolute atomic E-state index is 0.0542. The monoisotopic (exact) mass is 614 g/mol. The van der Waals surface area contributed by atoms with Gasteiger partial charge < -0.3 is 29.8 Å². The Bertz CT molecular complexity index is 1610. The van der Waals surface area contributed by atoms with Crippen molar-refractivity contribution < 1.29 is 33.1 Å². The smallest absolute Gasteiger partial charge is 0.363 e. The highest BCUT2D eigenvalue weighted by Crippen LogP contribution is 2.53. The van der Waals surface area contributed by atoms with E-state index in [9.17, 15) is 33.1 Å². The van der Waals surface area contributed by atoms with Crippen molar-refractivity contribution in [1.82, 2.24) is 10.2 Å². The van der Waals surface area contributed by atoms with Crippen molar-refractivity contribution in [2.45, 2.75) is 56.1 Å². The molecular formula is C29H32FN4O6PS. The number of carbonyl (C=O) groups excluding carboxylic acids is 3. The van der Waals surface area contributed by atoms with Gasteiger partial charge in [0.25, 0.3) is 5.91 Å². The van der Waals surface area contributed by atoms with Crippen LogP contribution in [-0.4, -0.2) is 70.7 Å². The van der Waals surface area contributed by atoms with Gasteiger partial charge >= 0.3 is 7.60 Å². The van der Waals surface area contributed by atoms with Crippen molar-refractivity contribution in [3.05, 3.63) is 59.0 Å². The number of anilines is 2. The van der Waals surface area contributed by atoms with Crippen LogP contribution in [0.3, 0.4) is 0 Å². The number of nitrogens with zero attached hydrogens (tertiary/aromatic N) is 3. The predicted molar refractivity (Wildman–Crippen MR) is 159 cm³/mol. The SMILES string of the molecule is CN1CCN(C(=O)[C@@H]2CC[C@@H]3CCC[C@H](NC(=O)c4cc5cc(C(F)P(=O)(O)O)ccc5s4)C(=O)N32)c2ccccc21. The first kappa shape index (κ1) is 28.8. The fourth-order valence-corrected chi connectivity index (χ4v) is 7.89. The van der Waals surface area contributed by atoms with E-state index in [2.05, 4.69) is 10.2 Å². The number of benzene rings is 2. The summed E-state index contributed by atoms with van der Waals surface area (Å²) in [6, 6.07) is 12.0. The summed E-state index contributed by atoms with van der Waals surface area (Å²) in [7, 11) is -2.97. The van der Waals surface area contributed by atoms with E-state index in [1.54, 1.807) is 9.80 Å². The molecule has 3 amide bonds. The molecule has 3 N–H and O–H groups in total. The minimum atomic E-state index is -4.97. The van der Waals surface area contributed by atoms with Crippen molar-refractivity contribution >= 4 is 58.1 Å². The topological polar surface area (TPSA) is 130 Å². The summed E-state index contributed by atoms with van der Waals surface area (Å²) < 4.78 is 26.2. The van der Waals surface area contributed by atoms with Crippen LogP contribution in [0.25, 0.3) is 10.1 Å². The number of fused-ring (bicyclic) bond motifs is 3. The molecule has 0 spiro atoms. The van der Waals surface area contributed by atoms with Gasteiger partial charge in [-0.2, -0.15) is 0 Å². The van der Waals surface area contributed by atoms with E-state index in [0.29, 0.717) is 40.9 Å². The second-order valence-electron chi connectivity index (χ2n) is 11.2. The van der Waals surface area contributed by atoms with E-state index in [1.807, 2.05) is 31.3 Å². The van der Waals surface area contributed by atoms with Crippen LogP contribution >= 0.6 is 18.9 Å². The molecular weight excluding hydrogens is 582 g/mol. The molecule has 1 aromatic heterocycles. The predicted octanol–water partition coefficient (Wildman–Crippen LogP) is 4.17. The third-order valence-electron chi connectivity index (χ3n) is 8.52. The van der Waals surface area contributed by atoms with Crippen molar-refractivity contribution in [2.24, 2.45) is 0 Å². The average Bonchev–Trinajstić information content (AvgIpc) is 3.56. The van der Waals surface area contributed by atoms with Crippen LogP contribution in [0.15, 0.2) is 48.5 Å². The van der Waals surface area contributed by atoms with E-state index in [4.69, 9.17) is 0 Å². The van der Waals surface area contributed by atoms with Gasteiger partial charge in [-0.25, -0.2) is 4.39 Å². The number of halogens is 1. The number of likely N-dealkylation sites (N-methyl/N-ethyl adjacent to an activating group) is 1. The first-order valence-electron chi connectivity index (χ1n) is 14.0. The second kappa shape index (κ2) is 11.1. The summed E-state index contributed by atoms with van der Waals surface area (Å²) in [4.78, 5) is 65.4. The van der Waals surface area contributed by atoms with Crippen LogP contribution in [0.4, 0.5) is 15.8 Å². The summed E-state index contributed by atoms with van der Waals surface area (Å²) in [5.74, 6) is -3.27. The van der Waals surface area contributed by atoms with Crippen LogP contribution in [-0.2, 0) is 14.2 Å². The van der Waals surface area contributed by atoms with Gasteiger partial charge in [0.15, 0.2) is 0 Å². The van der Waals surface area contributed by atoms with E-state index < -0.39 is 31.5 Å². The summed E-state index contributed by atoms with van der Waals surface area (Å²) in [6.45, 7) is 1.22. The molecule has 1 unspecified atom stereocenters. The molecule has 3 aromatic rings. The third-order valence-corrected chi connectivity index (χ3v) is 10.5. The normalized spacial score (nSPS) is 23.4. The van der Waals surface area contributed by atoms with Gasteiger partial charge in [0.1, 0.15) is 12.1 Å². The Morgan fingerprint density at radius 2 is 1.81 bits per heavy atom. The van der Waals surface area contributed by atoms with Crippen LogP contribution < -0.4 is 15.1 Å². The molecule has 13 heteroatoms. The molecule has 3 aliphatic heterocycles. The Morgan fingerprint density at radius 3 is 2.57 bits per heavy atom. The molecule has 0 saturated carbocycles. The molecule has 4 heterocycles. The lowest BCUT2D eigenvalue weighted by Crippen LogP contribution is -2.56. The Morgan fingerprint density at radius 1 is 1.05 bits per heavy atom. The van der Waals surface area contributed by atoms with Crippen molar-refractivity contribution in [1.29, 1.82) is 0 Å². The quantitative estimate of drug-likeness (QED) is 0.368. The molecule has 2 saturated heterocycles. The zero-order chi connectivity index (χ0) is 29.8. The fourth-order valence-electron chi connectivity index (χ4n) is 6.40. The molecule has 2 fully saturated rings. The second-order valence-corrected chi connectivity index (χ2v) is 13.9. The van der Waals surface area contributed by atoms with Crippen LogP contribution in [0, 0.1) is 0 Å². The molecule has 3 aliphatic rings. The number of amides is 3. The molecule has 42 heavy (non-hydrogen) atoms. The Kier molecular flexibility index (Phi) is 7.59. The summed E-state index contributed by atoms with van der Waals surface area (Å²) in [5, 5.41) is 3.35. The van der Waals surface area contributed by atoms with E-state index in [-0.39, 0.29) is 23.4 Å². The fraction of sp³-hybridized carbons (Fsp3) is 0.414. The van der Waals surface area contributed by atoms with Crippen molar-refractivity contribution in [3.63, 3.8) is 0 Å². The summed E-state index contributed by atoms with van der Waals surface area (Å²) in [6.07, 6.45) is 3.26. The number of hydrogen-bond acceptors (Lipinski definition) is 6. The first-order chi connectivity index (χ1) is 20.0. The number of hydrogen-bond donors (Lipinski definition) is 3. The molecule has 0 bridgehead atoms. The lowest BCUT2D eigenvalue weighted by molar-refractivity contribution is -0.140. The molecule has 0 radical (unpaired) electrons. The number of para-hydroxylation sites is 2. The van der Waals surface area contributed by atoms with E-state index in [0.717, 1.165) is 42.0 Å². The molecule has 6 rings (SSSR count). The molecule has 4 atom stereocenters. The highest BCUT2D eigenvalue weighted by molar-refractivity contribution is 7.51. The van der Waals surface area contributed by atoms with Crippen LogP contribution in [0.1, 0.15) is 53.3 Å². The Labute approximate surface area is 246 Å². The zero-order valence-corrected chi connectivity index (χ0v) is 24.7. The standard InChI is InChI=1S/C29H32FN4O6PS/c1-32-13-14-33(22-8-3-2-7-21(22)32)29(37)23-11-10-19-5-4-6-20(28(36)34(19)23)31-27(35)25-16-18-15-17(9-12-24(18)42-25)26(30)41(38,39)40/h2-3,7-9,12,15-16,19-20,23,26H,4-6,10-11,13-14H2,1H3,(H,31,35)(H2,38,39,40)/t19-,20-,23-,26?/m0/s1. The Hall–Kier alpha value is -3.31. The lowest BCUT2D eigenvalue weighted by Gasteiger charge is -2.39. The number of thiophene rings is 1. The van der Waals surface area contributed by atoms with Crippen molar-refractivity contribution in [2.75, 3.05) is 29.9 Å². The van der Waals surface area contributed by atoms with Gasteiger partial charge in [0.2, 0.25) is 17.7 Å². The maximum absolute atomic E-state index is 14.2. The Balaban J connectivity index is 1.20. The first-order valence-corrected chi connectivity index (χ1v) is 16.5. The zero-order valence-electron chi connectivity index (χ0n) is 23.0. The number of nitrogens with one attached hydrogen (secondary N) is 1. The average molecular weight is 615 g/mol.